The Kier molecular flexibility index (Phi) is 4.36. The molecule has 1 spiro atoms. The SMILES string of the molecule is C[C@H]1[C@H]2CC[C@H]3[C@@H]4CC=C5C[C@@H](N(C)C(=O)C6CC6)CC[C@]5(C)C4CC[C@]23CN1C. The van der Waals surface area contributed by atoms with Crippen LogP contribution in [0.25, 0.3) is 0 Å². The smallest absolute Gasteiger partial charge is 0.225 e. The van der Waals surface area contributed by atoms with Crippen LogP contribution >= 0.6 is 0 Å². The van der Waals surface area contributed by atoms with Gasteiger partial charge in [0, 0.05) is 31.6 Å². The number of fused-ring (bicyclic) bond motifs is 4. The van der Waals surface area contributed by atoms with Crippen LogP contribution in [0.2, 0.25) is 0 Å². The Balaban J connectivity index is 1.24. The second kappa shape index (κ2) is 6.59. The number of carbonyl (C=O) groups excluding carboxylic acids is 1. The highest BCUT2D eigenvalue weighted by Gasteiger charge is 2.64. The third kappa shape index (κ3) is 2.57. The average Bonchev–Trinajstić information content (AvgIpc) is 3.47. The van der Waals surface area contributed by atoms with Gasteiger partial charge in [-0.3, -0.25) is 4.79 Å². The number of amides is 1. The van der Waals surface area contributed by atoms with E-state index in [0.29, 0.717) is 28.7 Å². The highest BCUT2D eigenvalue weighted by Crippen LogP contribution is 2.68. The fraction of sp³-hybridized carbons (Fsp3) is 0.889. The van der Waals surface area contributed by atoms with Crippen molar-refractivity contribution in [3.63, 3.8) is 0 Å². The van der Waals surface area contributed by atoms with Gasteiger partial charge in [0.2, 0.25) is 5.91 Å². The number of carbonyl (C=O) groups is 1. The third-order valence-corrected chi connectivity index (χ3v) is 11.5. The number of likely N-dealkylation sites (tertiary alicyclic amines) is 1. The summed E-state index contributed by atoms with van der Waals surface area (Å²) < 4.78 is 0. The highest BCUT2D eigenvalue weighted by molar-refractivity contribution is 5.81. The molecule has 3 heteroatoms. The largest absolute Gasteiger partial charge is 0.342 e. The molecule has 6 rings (SSSR count). The zero-order valence-corrected chi connectivity index (χ0v) is 19.7. The van der Waals surface area contributed by atoms with Gasteiger partial charge in [0.25, 0.3) is 0 Å². The number of hydrogen-bond acceptors (Lipinski definition) is 2. The Bertz CT molecular complexity index is 771. The zero-order valence-electron chi connectivity index (χ0n) is 19.7. The molecule has 4 saturated carbocycles. The molecular formula is C27H42N2O. The van der Waals surface area contributed by atoms with Gasteiger partial charge < -0.3 is 9.80 Å². The fourth-order valence-electron chi connectivity index (χ4n) is 9.57. The van der Waals surface area contributed by atoms with E-state index in [-0.39, 0.29) is 0 Å². The van der Waals surface area contributed by atoms with Crippen molar-refractivity contribution in [2.75, 3.05) is 20.6 Å². The topological polar surface area (TPSA) is 23.6 Å². The van der Waals surface area contributed by atoms with Crippen LogP contribution in [0.3, 0.4) is 0 Å². The predicted octanol–water partition coefficient (Wildman–Crippen LogP) is 5.12. The van der Waals surface area contributed by atoms with Gasteiger partial charge >= 0.3 is 0 Å². The van der Waals surface area contributed by atoms with E-state index in [0.717, 1.165) is 49.0 Å². The van der Waals surface area contributed by atoms with Crippen LogP contribution < -0.4 is 0 Å². The minimum atomic E-state index is 0.352. The summed E-state index contributed by atoms with van der Waals surface area (Å²) in [6.45, 7) is 6.47. The summed E-state index contributed by atoms with van der Waals surface area (Å²) in [7, 11) is 4.46. The molecule has 3 nitrogen and oxygen atoms in total. The van der Waals surface area contributed by atoms with Gasteiger partial charge in [-0.15, -0.1) is 0 Å². The Morgan fingerprint density at radius 3 is 2.60 bits per heavy atom. The van der Waals surface area contributed by atoms with Crippen LogP contribution in [0.1, 0.15) is 78.1 Å². The van der Waals surface area contributed by atoms with Crippen molar-refractivity contribution in [2.24, 2.45) is 40.4 Å². The number of nitrogens with zero attached hydrogens (tertiary/aromatic N) is 2. The summed E-state index contributed by atoms with van der Waals surface area (Å²) in [5.41, 5.74) is 2.75. The number of hydrogen-bond donors (Lipinski definition) is 0. The van der Waals surface area contributed by atoms with Gasteiger partial charge in [0.1, 0.15) is 0 Å². The highest BCUT2D eigenvalue weighted by atomic mass is 16.2. The summed E-state index contributed by atoms with van der Waals surface area (Å²) in [5, 5.41) is 0. The quantitative estimate of drug-likeness (QED) is 0.590. The fourth-order valence-corrected chi connectivity index (χ4v) is 9.57. The van der Waals surface area contributed by atoms with Crippen LogP contribution in [-0.2, 0) is 4.79 Å². The Labute approximate surface area is 183 Å². The van der Waals surface area contributed by atoms with Gasteiger partial charge in [0.15, 0.2) is 0 Å². The molecule has 1 saturated heterocycles. The lowest BCUT2D eigenvalue weighted by Gasteiger charge is -2.58. The number of rotatable bonds is 2. The maximum Gasteiger partial charge on any atom is 0.225 e. The number of allylic oxidation sites excluding steroid dienone is 1. The summed E-state index contributed by atoms with van der Waals surface area (Å²) in [6, 6.07) is 1.23. The molecule has 5 fully saturated rings. The Morgan fingerprint density at radius 1 is 1.07 bits per heavy atom. The van der Waals surface area contributed by atoms with E-state index in [4.69, 9.17) is 0 Å². The van der Waals surface area contributed by atoms with E-state index in [1.165, 1.54) is 51.5 Å². The molecule has 1 heterocycles. The van der Waals surface area contributed by atoms with Gasteiger partial charge in [-0.05, 0) is 113 Å². The van der Waals surface area contributed by atoms with Crippen LogP contribution in [0.15, 0.2) is 11.6 Å². The molecule has 1 unspecified atom stereocenters. The van der Waals surface area contributed by atoms with E-state index in [1.54, 1.807) is 5.57 Å². The molecule has 0 aromatic heterocycles. The Morgan fingerprint density at radius 2 is 1.83 bits per heavy atom. The summed E-state index contributed by atoms with van der Waals surface area (Å²) >= 11 is 0. The standard InChI is InChI=1S/C27H42N2O/c1-17-22-9-10-24-21-8-7-19-15-20(29(4)25(30)18-5-6-18)11-13-26(19,2)23(21)12-14-27(22,24)16-28(17)3/h7,17-18,20-24H,5-6,8-16H2,1-4H3/t17-,20-,21+,22+,23?,24-,26-,27-/m0/s1. The van der Waals surface area contributed by atoms with E-state index < -0.39 is 0 Å². The van der Waals surface area contributed by atoms with Crippen molar-refractivity contribution in [2.45, 2.75) is 90.1 Å². The first-order valence-corrected chi connectivity index (χ1v) is 13.0. The minimum Gasteiger partial charge on any atom is -0.342 e. The molecule has 5 aliphatic carbocycles. The molecule has 1 aliphatic heterocycles. The Hall–Kier alpha value is -0.830. The molecule has 166 valence electrons. The van der Waals surface area contributed by atoms with Crippen molar-refractivity contribution >= 4 is 5.91 Å². The van der Waals surface area contributed by atoms with Crippen molar-refractivity contribution in [3.05, 3.63) is 11.6 Å². The molecule has 1 amide bonds. The van der Waals surface area contributed by atoms with Crippen LogP contribution in [0.4, 0.5) is 0 Å². The third-order valence-electron chi connectivity index (χ3n) is 11.5. The normalized spacial score (nSPS) is 50.2. The average molecular weight is 411 g/mol. The predicted molar refractivity (Wildman–Crippen MR) is 121 cm³/mol. The maximum atomic E-state index is 12.7. The maximum absolute atomic E-state index is 12.7. The molecule has 0 N–H and O–H groups in total. The first-order chi connectivity index (χ1) is 14.3. The van der Waals surface area contributed by atoms with Gasteiger partial charge in [0.05, 0.1) is 0 Å². The van der Waals surface area contributed by atoms with Crippen LogP contribution in [0.5, 0.6) is 0 Å². The monoisotopic (exact) mass is 410 g/mol. The van der Waals surface area contributed by atoms with Gasteiger partial charge in [-0.25, -0.2) is 0 Å². The minimum absolute atomic E-state index is 0.352. The van der Waals surface area contributed by atoms with Gasteiger partial charge in [-0.2, -0.15) is 0 Å². The molecule has 0 radical (unpaired) electrons. The van der Waals surface area contributed by atoms with E-state index >= 15 is 0 Å². The molecule has 6 aliphatic rings. The molecular weight excluding hydrogens is 368 g/mol. The van der Waals surface area contributed by atoms with Crippen LogP contribution in [-0.4, -0.2) is 48.4 Å². The van der Waals surface area contributed by atoms with Gasteiger partial charge in [-0.1, -0.05) is 18.6 Å². The molecule has 0 aromatic carbocycles. The summed E-state index contributed by atoms with van der Waals surface area (Å²) in [5.74, 6) is 4.49. The summed E-state index contributed by atoms with van der Waals surface area (Å²) in [6.07, 6.45) is 15.8. The van der Waals surface area contributed by atoms with Crippen molar-refractivity contribution in [1.82, 2.24) is 9.80 Å². The lowest BCUT2D eigenvalue weighted by molar-refractivity contribution is -0.134. The van der Waals surface area contributed by atoms with Crippen LogP contribution in [0, 0.1) is 40.4 Å². The molecule has 0 aromatic rings. The lowest BCUT2D eigenvalue weighted by atomic mass is 9.47. The van der Waals surface area contributed by atoms with Crippen molar-refractivity contribution in [1.29, 1.82) is 0 Å². The second-order valence-corrected chi connectivity index (χ2v) is 12.5. The molecule has 8 atom stereocenters. The van der Waals surface area contributed by atoms with E-state index in [2.05, 4.69) is 43.8 Å². The molecule has 0 bridgehead atoms. The van der Waals surface area contributed by atoms with E-state index in [1.807, 2.05) is 0 Å². The second-order valence-electron chi connectivity index (χ2n) is 12.5. The molecule has 30 heavy (non-hydrogen) atoms. The zero-order chi connectivity index (χ0) is 20.8. The summed E-state index contributed by atoms with van der Waals surface area (Å²) in [4.78, 5) is 17.5. The first-order valence-electron chi connectivity index (χ1n) is 13.0. The van der Waals surface area contributed by atoms with Crippen molar-refractivity contribution < 1.29 is 4.79 Å². The van der Waals surface area contributed by atoms with E-state index in [9.17, 15) is 4.79 Å². The van der Waals surface area contributed by atoms with Crippen molar-refractivity contribution in [3.8, 4) is 0 Å². The lowest BCUT2D eigenvalue weighted by Crippen LogP contribution is -2.53. The first kappa shape index (κ1) is 19.8.